The molecule has 4 rings (SSSR count). The Kier molecular flexibility index (Phi) is 7.24. The zero-order valence-corrected chi connectivity index (χ0v) is 18.8. The number of ether oxygens (including phenoxy) is 1. The van der Waals surface area contributed by atoms with Crippen molar-refractivity contribution in [3.05, 3.63) is 84.4 Å². The van der Waals surface area contributed by atoms with Crippen LogP contribution in [0.25, 0.3) is 0 Å². The summed E-state index contributed by atoms with van der Waals surface area (Å²) in [5.41, 5.74) is 1.88. The second-order valence-electron chi connectivity index (χ2n) is 7.37. The highest BCUT2D eigenvalue weighted by Gasteiger charge is 2.29. The molecule has 0 bridgehead atoms. The maximum atomic E-state index is 12.6. The number of anilines is 3. The first-order valence-corrected chi connectivity index (χ1v) is 11.3. The van der Waals surface area contributed by atoms with E-state index in [2.05, 4.69) is 16.0 Å². The predicted octanol–water partition coefficient (Wildman–Crippen LogP) is 3.92. The van der Waals surface area contributed by atoms with Crippen LogP contribution in [-0.4, -0.2) is 35.5 Å². The Hall–Kier alpha value is -4.11. The number of thioether (sulfide) groups is 1. The van der Waals surface area contributed by atoms with Gasteiger partial charge in [-0.05, 0) is 36.4 Å². The Balaban J connectivity index is 1.30. The number of hydrogen-bond acceptors (Lipinski definition) is 6. The Bertz CT molecular complexity index is 1230. The van der Waals surface area contributed by atoms with E-state index < -0.39 is 23.7 Å². The van der Waals surface area contributed by atoms with Crippen LogP contribution in [0.2, 0.25) is 0 Å². The number of carbonyl (C=O) groups excluding carboxylic acids is 4. The molecule has 0 aromatic heterocycles. The van der Waals surface area contributed by atoms with E-state index in [0.29, 0.717) is 11.4 Å². The summed E-state index contributed by atoms with van der Waals surface area (Å²) in [6.45, 7) is -0.539. The number of nitrogens with one attached hydrogen (secondary N) is 3. The lowest BCUT2D eigenvalue weighted by Gasteiger charge is -2.23. The third kappa shape index (κ3) is 5.81. The Morgan fingerprint density at radius 1 is 0.882 bits per heavy atom. The number of carbonyl (C=O) groups is 4. The van der Waals surface area contributed by atoms with Crippen LogP contribution in [0, 0.1) is 0 Å². The Labute approximate surface area is 200 Å². The summed E-state index contributed by atoms with van der Waals surface area (Å²) in [5.74, 6) is -1.94. The molecule has 0 saturated carbocycles. The minimum atomic E-state index is -0.669. The number of benzene rings is 3. The van der Waals surface area contributed by atoms with Gasteiger partial charge in [-0.25, -0.2) is 0 Å². The van der Waals surface area contributed by atoms with Crippen molar-refractivity contribution in [2.24, 2.45) is 0 Å². The van der Waals surface area contributed by atoms with E-state index in [1.807, 2.05) is 24.3 Å². The molecule has 3 aromatic rings. The average Bonchev–Trinajstić information content (AvgIpc) is 2.84. The van der Waals surface area contributed by atoms with Crippen LogP contribution >= 0.6 is 11.8 Å². The molecule has 172 valence electrons. The van der Waals surface area contributed by atoms with Crippen LogP contribution < -0.4 is 16.0 Å². The predicted molar refractivity (Wildman–Crippen MR) is 130 cm³/mol. The smallest absolute Gasteiger partial charge is 0.307 e. The molecule has 3 aromatic carbocycles. The lowest BCUT2D eigenvalue weighted by molar-refractivity contribution is -0.147. The summed E-state index contributed by atoms with van der Waals surface area (Å²) in [5, 5.41) is 7.48. The summed E-state index contributed by atoms with van der Waals surface area (Å²) in [7, 11) is 0. The number of rotatable bonds is 7. The lowest BCUT2D eigenvalue weighted by Crippen LogP contribution is -2.32. The van der Waals surface area contributed by atoms with E-state index in [1.165, 1.54) is 11.8 Å². The largest absolute Gasteiger partial charge is 0.456 e. The summed E-state index contributed by atoms with van der Waals surface area (Å²) in [4.78, 5) is 50.4. The van der Waals surface area contributed by atoms with E-state index in [0.717, 1.165) is 4.90 Å². The van der Waals surface area contributed by atoms with Gasteiger partial charge in [0.05, 0.1) is 28.6 Å². The highest BCUT2D eigenvalue weighted by Crippen LogP contribution is 2.36. The maximum Gasteiger partial charge on any atom is 0.307 e. The molecule has 3 amide bonds. The number of esters is 1. The van der Waals surface area contributed by atoms with Gasteiger partial charge in [0.2, 0.25) is 5.91 Å². The normalized spacial score (nSPS) is 14.4. The monoisotopic (exact) mass is 475 g/mol. The molecule has 1 atom stereocenters. The third-order valence-electron chi connectivity index (χ3n) is 4.90. The zero-order chi connectivity index (χ0) is 23.9. The molecule has 0 unspecified atom stereocenters. The molecule has 0 radical (unpaired) electrons. The van der Waals surface area contributed by atoms with Gasteiger partial charge in [-0.2, -0.15) is 0 Å². The van der Waals surface area contributed by atoms with Crippen molar-refractivity contribution in [2.75, 3.05) is 22.6 Å². The summed E-state index contributed by atoms with van der Waals surface area (Å²) in [6, 6.07) is 22.8. The summed E-state index contributed by atoms with van der Waals surface area (Å²) >= 11 is 1.28. The standard InChI is InChI=1S/C25H21N3O5S/c29-22(15-33-23(30)14-21-25(32)28-19-12-6-7-13-20(19)34-21)27-18-11-5-4-10-17(18)24(31)26-16-8-2-1-3-9-16/h1-13,21H,14-15H2,(H,26,31)(H,27,29)(H,28,32)/t21-/m0/s1. The second-order valence-corrected chi connectivity index (χ2v) is 8.62. The number of fused-ring (bicyclic) bond motifs is 1. The Morgan fingerprint density at radius 2 is 1.59 bits per heavy atom. The van der Waals surface area contributed by atoms with Crippen molar-refractivity contribution in [2.45, 2.75) is 16.6 Å². The second kappa shape index (κ2) is 10.7. The third-order valence-corrected chi connectivity index (χ3v) is 6.18. The van der Waals surface area contributed by atoms with Crippen LogP contribution in [0.4, 0.5) is 17.1 Å². The van der Waals surface area contributed by atoms with E-state index in [1.54, 1.807) is 54.6 Å². The number of para-hydroxylation sites is 3. The van der Waals surface area contributed by atoms with Crippen LogP contribution in [0.1, 0.15) is 16.8 Å². The SMILES string of the molecule is O=C(COC(=O)C[C@@H]1Sc2ccccc2NC1=O)Nc1ccccc1C(=O)Nc1ccccc1. The number of amides is 3. The first-order valence-electron chi connectivity index (χ1n) is 10.5. The maximum absolute atomic E-state index is 12.6. The summed E-state index contributed by atoms with van der Waals surface area (Å²) < 4.78 is 5.07. The van der Waals surface area contributed by atoms with Gasteiger partial charge >= 0.3 is 5.97 Å². The topological polar surface area (TPSA) is 114 Å². The van der Waals surface area contributed by atoms with Gasteiger partial charge < -0.3 is 20.7 Å². The Morgan fingerprint density at radius 3 is 2.41 bits per heavy atom. The van der Waals surface area contributed by atoms with Crippen LogP contribution in [0.3, 0.4) is 0 Å². The van der Waals surface area contributed by atoms with Crippen molar-refractivity contribution >= 4 is 52.5 Å². The summed E-state index contributed by atoms with van der Waals surface area (Å²) in [6.07, 6.45) is -0.172. The molecule has 9 heteroatoms. The molecule has 1 heterocycles. The van der Waals surface area contributed by atoms with E-state index in [4.69, 9.17) is 4.74 Å². The molecular formula is C25H21N3O5S. The fourth-order valence-electron chi connectivity index (χ4n) is 3.28. The van der Waals surface area contributed by atoms with Gasteiger partial charge in [0, 0.05) is 10.6 Å². The molecule has 1 aliphatic rings. The van der Waals surface area contributed by atoms with Crippen molar-refractivity contribution in [1.29, 1.82) is 0 Å². The van der Waals surface area contributed by atoms with Gasteiger partial charge in [0.15, 0.2) is 6.61 Å². The lowest BCUT2D eigenvalue weighted by atomic mass is 10.1. The van der Waals surface area contributed by atoms with Crippen LogP contribution in [0.15, 0.2) is 83.8 Å². The fraction of sp³-hybridized carbons (Fsp3) is 0.120. The number of hydrogen-bond donors (Lipinski definition) is 3. The molecule has 0 fully saturated rings. The van der Waals surface area contributed by atoms with Gasteiger partial charge in [0.1, 0.15) is 0 Å². The fourth-order valence-corrected chi connectivity index (χ4v) is 4.37. The molecule has 0 aliphatic carbocycles. The van der Waals surface area contributed by atoms with Gasteiger partial charge in [-0.1, -0.05) is 42.5 Å². The van der Waals surface area contributed by atoms with Gasteiger partial charge in [0.25, 0.3) is 11.8 Å². The molecular weight excluding hydrogens is 454 g/mol. The molecule has 0 saturated heterocycles. The molecule has 0 spiro atoms. The average molecular weight is 476 g/mol. The highest BCUT2D eigenvalue weighted by atomic mass is 32.2. The first-order chi connectivity index (χ1) is 16.5. The van der Waals surface area contributed by atoms with Crippen LogP contribution in [-0.2, 0) is 19.1 Å². The first kappa shape index (κ1) is 23.1. The van der Waals surface area contributed by atoms with E-state index >= 15 is 0 Å². The molecule has 34 heavy (non-hydrogen) atoms. The molecule has 1 aliphatic heterocycles. The minimum Gasteiger partial charge on any atom is -0.456 e. The quantitative estimate of drug-likeness (QED) is 0.447. The van der Waals surface area contributed by atoms with Crippen molar-refractivity contribution < 1.29 is 23.9 Å². The minimum absolute atomic E-state index is 0.172. The van der Waals surface area contributed by atoms with Crippen molar-refractivity contribution in [3.8, 4) is 0 Å². The zero-order valence-electron chi connectivity index (χ0n) is 17.9. The van der Waals surface area contributed by atoms with E-state index in [-0.39, 0.29) is 29.5 Å². The van der Waals surface area contributed by atoms with Crippen molar-refractivity contribution in [3.63, 3.8) is 0 Å². The van der Waals surface area contributed by atoms with Gasteiger partial charge in [-0.3, -0.25) is 19.2 Å². The van der Waals surface area contributed by atoms with Crippen LogP contribution in [0.5, 0.6) is 0 Å². The highest BCUT2D eigenvalue weighted by molar-refractivity contribution is 8.01. The van der Waals surface area contributed by atoms with E-state index in [9.17, 15) is 19.2 Å². The van der Waals surface area contributed by atoms with Gasteiger partial charge in [-0.15, -0.1) is 11.8 Å². The van der Waals surface area contributed by atoms with Crippen molar-refractivity contribution in [1.82, 2.24) is 0 Å². The molecule has 8 nitrogen and oxygen atoms in total. The molecule has 3 N–H and O–H groups in total.